The van der Waals surface area contributed by atoms with Crippen molar-refractivity contribution in [2.75, 3.05) is 26.7 Å². The molecule has 0 aliphatic heterocycles. The third-order valence-corrected chi connectivity index (χ3v) is 8.65. The van der Waals surface area contributed by atoms with Gasteiger partial charge in [0.1, 0.15) is 17.7 Å². The molecule has 0 radical (unpaired) electrons. The van der Waals surface area contributed by atoms with Crippen LogP contribution in [0.5, 0.6) is 0 Å². The number of hydrogen-bond acceptors (Lipinski definition) is 5. The van der Waals surface area contributed by atoms with E-state index < -0.39 is 59.3 Å². The average molecular weight is 733 g/mol. The Bertz CT molecular complexity index is 1710. The number of hydrogen-bond donors (Lipinski definition) is 1. The van der Waals surface area contributed by atoms with Crippen molar-refractivity contribution in [3.8, 4) is 11.1 Å². The Hall–Kier alpha value is -3.48. The van der Waals surface area contributed by atoms with Gasteiger partial charge in [0.25, 0.3) is 5.56 Å². The Labute approximate surface area is 292 Å². The molecule has 0 bridgehead atoms. The lowest BCUT2D eigenvalue weighted by molar-refractivity contribution is -0.144. The molecular formula is C35H40Cl2F5N3O4. The highest BCUT2D eigenvalue weighted by molar-refractivity contribution is 6.39. The molecule has 0 fully saturated rings. The molecule has 3 rings (SSSR count). The number of aryl methyl sites for hydroxylation is 1. The molecule has 1 aromatic heterocycles. The van der Waals surface area contributed by atoms with E-state index in [1.54, 1.807) is 27.8 Å². The van der Waals surface area contributed by atoms with Crippen LogP contribution in [0, 0.1) is 24.5 Å². The van der Waals surface area contributed by atoms with E-state index in [2.05, 4.69) is 5.32 Å². The average Bonchev–Trinajstić information content (AvgIpc) is 2.99. The molecule has 1 amide bonds. The number of carbonyl (C=O) groups excluding carboxylic acids is 2. The summed E-state index contributed by atoms with van der Waals surface area (Å²) in [6, 6.07) is 2.62. The standard InChI is InChI=1S/C35H40Cl2F5N3O4/c1-7-44(6)10-9-21-18-45(30(46)16-25(21)35(40,41)42)29(11-19(3)4)34(48)43-28(17-31(47)49-8-2)24-13-22(12-20(5)33(24)39)32-26(36)14-23(38)15-27(32)37/h12-16,18-19,28-29H,7-11,17H2,1-6H3,(H,43,48)/t28-,29?/m0/s1. The fourth-order valence-electron chi connectivity index (χ4n) is 5.47. The predicted octanol–water partition coefficient (Wildman–Crippen LogP) is 8.32. The van der Waals surface area contributed by atoms with E-state index in [0.717, 1.165) is 22.9 Å². The Morgan fingerprint density at radius 1 is 1.04 bits per heavy atom. The van der Waals surface area contributed by atoms with Gasteiger partial charge in [0.05, 0.1) is 34.7 Å². The molecule has 268 valence electrons. The first-order valence-corrected chi connectivity index (χ1v) is 16.5. The van der Waals surface area contributed by atoms with E-state index in [4.69, 9.17) is 27.9 Å². The van der Waals surface area contributed by atoms with E-state index >= 15 is 4.39 Å². The maximum absolute atomic E-state index is 15.9. The van der Waals surface area contributed by atoms with Crippen LogP contribution in [0.15, 0.2) is 41.3 Å². The number of benzene rings is 2. The summed E-state index contributed by atoms with van der Waals surface area (Å²) in [5.41, 5.74) is -1.91. The molecule has 14 heteroatoms. The van der Waals surface area contributed by atoms with Gasteiger partial charge >= 0.3 is 12.1 Å². The van der Waals surface area contributed by atoms with Crippen LogP contribution >= 0.6 is 23.2 Å². The van der Waals surface area contributed by atoms with Crippen LogP contribution in [0.3, 0.4) is 0 Å². The van der Waals surface area contributed by atoms with Gasteiger partial charge in [-0.05, 0) is 87.2 Å². The summed E-state index contributed by atoms with van der Waals surface area (Å²) in [7, 11) is 1.75. The number of carbonyl (C=O) groups is 2. The first kappa shape index (κ1) is 40.0. The zero-order chi connectivity index (χ0) is 36.8. The quantitative estimate of drug-likeness (QED) is 0.133. The fourth-order valence-corrected chi connectivity index (χ4v) is 6.15. The van der Waals surface area contributed by atoms with Crippen LogP contribution in [-0.2, 0) is 26.9 Å². The van der Waals surface area contributed by atoms with Crippen molar-refractivity contribution in [2.24, 2.45) is 5.92 Å². The maximum Gasteiger partial charge on any atom is 0.416 e. The van der Waals surface area contributed by atoms with Crippen molar-refractivity contribution in [2.45, 2.75) is 72.1 Å². The number of aromatic nitrogens is 1. The van der Waals surface area contributed by atoms with Gasteiger partial charge in [-0.2, -0.15) is 13.2 Å². The van der Waals surface area contributed by atoms with Crippen molar-refractivity contribution < 1.29 is 36.3 Å². The molecule has 49 heavy (non-hydrogen) atoms. The van der Waals surface area contributed by atoms with Crippen molar-refractivity contribution in [3.63, 3.8) is 0 Å². The minimum Gasteiger partial charge on any atom is -0.466 e. The molecule has 1 N–H and O–H groups in total. The molecule has 7 nitrogen and oxygen atoms in total. The maximum atomic E-state index is 15.9. The second-order valence-electron chi connectivity index (χ2n) is 12.3. The molecule has 2 aromatic carbocycles. The molecule has 2 atom stereocenters. The number of rotatable bonds is 14. The van der Waals surface area contributed by atoms with Crippen LogP contribution < -0.4 is 10.9 Å². The van der Waals surface area contributed by atoms with Crippen molar-refractivity contribution >= 4 is 35.1 Å². The summed E-state index contributed by atoms with van der Waals surface area (Å²) >= 11 is 12.6. The lowest BCUT2D eigenvalue weighted by Crippen LogP contribution is -2.41. The highest BCUT2D eigenvalue weighted by atomic mass is 35.5. The molecule has 1 unspecified atom stereocenters. The summed E-state index contributed by atoms with van der Waals surface area (Å²) in [6.07, 6.45) is -4.30. The number of likely N-dealkylation sites (N-methyl/N-ethyl adjacent to an activating group) is 1. The van der Waals surface area contributed by atoms with Crippen molar-refractivity contribution in [3.05, 3.63) is 90.8 Å². The number of amides is 1. The van der Waals surface area contributed by atoms with Gasteiger partial charge in [0.15, 0.2) is 0 Å². The number of nitrogens with zero attached hydrogens (tertiary/aromatic N) is 2. The molecule has 0 saturated carbocycles. The Kier molecular flexibility index (Phi) is 13.8. The predicted molar refractivity (Wildman–Crippen MR) is 180 cm³/mol. The van der Waals surface area contributed by atoms with Crippen LogP contribution in [-0.4, -0.2) is 48.1 Å². The topological polar surface area (TPSA) is 80.6 Å². The van der Waals surface area contributed by atoms with Gasteiger partial charge in [-0.25, -0.2) is 8.78 Å². The molecule has 0 aliphatic carbocycles. The normalized spacial score (nSPS) is 13.1. The summed E-state index contributed by atoms with van der Waals surface area (Å²) in [4.78, 5) is 41.9. The molecular weight excluding hydrogens is 692 g/mol. The van der Waals surface area contributed by atoms with Crippen LogP contribution in [0.1, 0.15) is 74.9 Å². The van der Waals surface area contributed by atoms with E-state index in [0.29, 0.717) is 12.6 Å². The van der Waals surface area contributed by atoms with E-state index in [1.807, 2.05) is 11.8 Å². The molecule has 3 aromatic rings. The van der Waals surface area contributed by atoms with Crippen LogP contribution in [0.4, 0.5) is 22.0 Å². The third kappa shape index (κ3) is 10.3. The van der Waals surface area contributed by atoms with E-state index in [9.17, 15) is 31.9 Å². The summed E-state index contributed by atoms with van der Waals surface area (Å²) in [5, 5.41) is 2.54. The van der Waals surface area contributed by atoms with E-state index in [-0.39, 0.29) is 69.8 Å². The van der Waals surface area contributed by atoms with Gasteiger partial charge < -0.3 is 19.5 Å². The van der Waals surface area contributed by atoms with Crippen molar-refractivity contribution in [1.29, 1.82) is 0 Å². The summed E-state index contributed by atoms with van der Waals surface area (Å²) < 4.78 is 78.0. The third-order valence-electron chi connectivity index (χ3n) is 8.05. The van der Waals surface area contributed by atoms with Gasteiger partial charge in [-0.15, -0.1) is 0 Å². The fraction of sp³-hybridized carbons (Fsp3) is 0.457. The monoisotopic (exact) mass is 731 g/mol. The minimum absolute atomic E-state index is 0.00519. The van der Waals surface area contributed by atoms with Gasteiger partial charge in [0.2, 0.25) is 5.91 Å². The largest absolute Gasteiger partial charge is 0.466 e. The Morgan fingerprint density at radius 3 is 2.22 bits per heavy atom. The van der Waals surface area contributed by atoms with Gasteiger partial charge in [-0.3, -0.25) is 14.4 Å². The first-order chi connectivity index (χ1) is 22.9. The molecule has 0 aliphatic rings. The minimum atomic E-state index is -4.81. The zero-order valence-electron chi connectivity index (χ0n) is 28.1. The van der Waals surface area contributed by atoms with Gasteiger partial charge in [-0.1, -0.05) is 44.0 Å². The van der Waals surface area contributed by atoms with Crippen LogP contribution in [0.2, 0.25) is 10.0 Å². The van der Waals surface area contributed by atoms with Crippen molar-refractivity contribution in [1.82, 2.24) is 14.8 Å². The molecule has 1 heterocycles. The second kappa shape index (κ2) is 17.0. The SMILES string of the molecule is CCOC(=O)C[C@H](NC(=O)C(CC(C)C)n1cc(CCN(C)CC)c(C(F)(F)F)cc1=O)c1cc(-c2c(Cl)cc(F)cc2Cl)cc(C)c1F. The zero-order valence-corrected chi connectivity index (χ0v) is 29.6. The highest BCUT2D eigenvalue weighted by Gasteiger charge is 2.36. The first-order valence-electron chi connectivity index (χ1n) is 15.8. The number of nitrogens with one attached hydrogen (secondary N) is 1. The second-order valence-corrected chi connectivity index (χ2v) is 13.1. The number of ether oxygens (including phenoxy) is 1. The smallest absolute Gasteiger partial charge is 0.416 e. The van der Waals surface area contributed by atoms with E-state index in [1.165, 1.54) is 19.1 Å². The lowest BCUT2D eigenvalue weighted by atomic mass is 9.93. The Balaban J connectivity index is 2.17. The molecule has 0 saturated heterocycles. The number of alkyl halides is 3. The number of halogens is 7. The Morgan fingerprint density at radius 2 is 1.67 bits per heavy atom. The summed E-state index contributed by atoms with van der Waals surface area (Å²) in [6.45, 7) is 9.24. The molecule has 0 spiro atoms. The summed E-state index contributed by atoms with van der Waals surface area (Å²) in [5.74, 6) is -3.29. The lowest BCUT2D eigenvalue weighted by Gasteiger charge is -2.27. The van der Waals surface area contributed by atoms with Crippen LogP contribution in [0.25, 0.3) is 11.1 Å². The number of esters is 1. The highest BCUT2D eigenvalue weighted by Crippen LogP contribution is 2.39. The van der Waals surface area contributed by atoms with Gasteiger partial charge in [0, 0.05) is 29.9 Å². The number of pyridine rings is 1.